The van der Waals surface area contributed by atoms with E-state index in [4.69, 9.17) is 0 Å². The zero-order valence-electron chi connectivity index (χ0n) is 9.80. The van der Waals surface area contributed by atoms with Crippen molar-refractivity contribution in [2.75, 3.05) is 13.1 Å². The largest absolute Gasteiger partial charge is 0.299 e. The Bertz CT molecular complexity index is 397. The highest BCUT2D eigenvalue weighted by molar-refractivity contribution is 9.09. The molecule has 17 heavy (non-hydrogen) atoms. The van der Waals surface area contributed by atoms with Gasteiger partial charge >= 0.3 is 0 Å². The summed E-state index contributed by atoms with van der Waals surface area (Å²) >= 11 is 3.65. The van der Waals surface area contributed by atoms with Crippen LogP contribution >= 0.6 is 15.9 Å². The first kappa shape index (κ1) is 13.0. The van der Waals surface area contributed by atoms with Crippen LogP contribution in [0.3, 0.4) is 0 Å². The molecule has 1 saturated heterocycles. The highest BCUT2D eigenvalue weighted by Gasteiger charge is 2.23. The van der Waals surface area contributed by atoms with Gasteiger partial charge in [0.25, 0.3) is 0 Å². The van der Waals surface area contributed by atoms with Crippen LogP contribution < -0.4 is 0 Å². The van der Waals surface area contributed by atoms with Crippen molar-refractivity contribution in [1.82, 2.24) is 4.90 Å². The first-order valence-electron chi connectivity index (χ1n) is 5.86. The second kappa shape index (κ2) is 5.44. The van der Waals surface area contributed by atoms with Crippen molar-refractivity contribution in [3.8, 4) is 0 Å². The molecule has 1 fully saturated rings. The van der Waals surface area contributed by atoms with E-state index in [1.54, 1.807) is 6.07 Å². The van der Waals surface area contributed by atoms with Gasteiger partial charge in [0, 0.05) is 17.9 Å². The zero-order chi connectivity index (χ0) is 12.4. The van der Waals surface area contributed by atoms with Crippen LogP contribution in [-0.4, -0.2) is 22.8 Å². The lowest BCUT2D eigenvalue weighted by molar-refractivity contribution is 0.183. The van der Waals surface area contributed by atoms with Crippen molar-refractivity contribution in [2.45, 2.75) is 24.7 Å². The molecule has 2 unspecified atom stereocenters. The number of likely N-dealkylation sites (tertiary alicyclic amines) is 1. The van der Waals surface area contributed by atoms with Crippen molar-refractivity contribution in [1.29, 1.82) is 0 Å². The maximum Gasteiger partial charge on any atom is 0.159 e. The van der Waals surface area contributed by atoms with E-state index in [2.05, 4.69) is 27.8 Å². The number of hydrogen-bond acceptors (Lipinski definition) is 1. The summed E-state index contributed by atoms with van der Waals surface area (Å²) in [6.45, 7) is 4.90. The predicted molar refractivity (Wildman–Crippen MR) is 68.1 cm³/mol. The summed E-state index contributed by atoms with van der Waals surface area (Å²) in [4.78, 5) is 2.86. The molecule has 2 atom stereocenters. The Hall–Kier alpha value is -0.480. The molecule has 94 valence electrons. The van der Waals surface area contributed by atoms with E-state index in [1.165, 1.54) is 12.1 Å². The van der Waals surface area contributed by atoms with Crippen molar-refractivity contribution in [3.05, 3.63) is 35.4 Å². The molecule has 0 amide bonds. The standard InChI is InChI=1S/C13H16BrF2N/c1-9-7-17(5-4-11(9)14)8-10-2-3-12(15)13(16)6-10/h2-3,6,9,11H,4-5,7-8H2,1H3. The Morgan fingerprint density at radius 2 is 2.12 bits per heavy atom. The van der Waals surface area contributed by atoms with Gasteiger partial charge in [-0.25, -0.2) is 8.78 Å². The van der Waals surface area contributed by atoms with Crippen LogP contribution in [0.5, 0.6) is 0 Å². The molecule has 0 aliphatic carbocycles. The molecule has 1 aliphatic rings. The molecule has 1 heterocycles. The normalized spacial score (nSPS) is 26.1. The van der Waals surface area contributed by atoms with Crippen LogP contribution in [0, 0.1) is 17.6 Å². The predicted octanol–water partition coefficient (Wildman–Crippen LogP) is 3.57. The van der Waals surface area contributed by atoms with Crippen LogP contribution in [0.1, 0.15) is 18.9 Å². The van der Waals surface area contributed by atoms with Gasteiger partial charge in [0.2, 0.25) is 0 Å². The number of hydrogen-bond donors (Lipinski definition) is 0. The van der Waals surface area contributed by atoms with E-state index in [9.17, 15) is 8.78 Å². The fourth-order valence-electron chi connectivity index (χ4n) is 2.24. The van der Waals surface area contributed by atoms with E-state index in [1.807, 2.05) is 0 Å². The molecule has 1 aromatic carbocycles. The highest BCUT2D eigenvalue weighted by atomic mass is 79.9. The topological polar surface area (TPSA) is 3.24 Å². The number of halogens is 3. The molecule has 4 heteroatoms. The third-order valence-corrected chi connectivity index (χ3v) is 4.64. The Morgan fingerprint density at radius 3 is 2.76 bits per heavy atom. The highest BCUT2D eigenvalue weighted by Crippen LogP contribution is 2.24. The van der Waals surface area contributed by atoms with Gasteiger partial charge in [-0.2, -0.15) is 0 Å². The SMILES string of the molecule is CC1CN(Cc2ccc(F)c(F)c2)CCC1Br. The zero-order valence-corrected chi connectivity index (χ0v) is 11.4. The van der Waals surface area contributed by atoms with Gasteiger partial charge < -0.3 is 0 Å². The lowest BCUT2D eigenvalue weighted by Crippen LogP contribution is -2.39. The molecule has 0 saturated carbocycles. The maximum atomic E-state index is 13.1. The minimum Gasteiger partial charge on any atom is -0.299 e. The van der Waals surface area contributed by atoms with Gasteiger partial charge in [-0.3, -0.25) is 4.90 Å². The smallest absolute Gasteiger partial charge is 0.159 e. The molecule has 1 aliphatic heterocycles. The van der Waals surface area contributed by atoms with Gasteiger partial charge in [-0.15, -0.1) is 0 Å². The number of alkyl halides is 1. The summed E-state index contributed by atoms with van der Waals surface area (Å²) in [6.07, 6.45) is 1.10. The molecule has 0 aromatic heterocycles. The molecule has 0 bridgehead atoms. The monoisotopic (exact) mass is 303 g/mol. The van der Waals surface area contributed by atoms with Gasteiger partial charge in [0.05, 0.1) is 0 Å². The van der Waals surface area contributed by atoms with E-state index in [0.29, 0.717) is 17.3 Å². The number of benzene rings is 1. The van der Waals surface area contributed by atoms with Gasteiger partial charge in [-0.05, 0) is 36.6 Å². The van der Waals surface area contributed by atoms with Gasteiger partial charge in [0.15, 0.2) is 11.6 Å². The fraction of sp³-hybridized carbons (Fsp3) is 0.538. The molecular weight excluding hydrogens is 288 g/mol. The van der Waals surface area contributed by atoms with Gasteiger partial charge in [0.1, 0.15) is 0 Å². The lowest BCUT2D eigenvalue weighted by atomic mass is 9.99. The molecule has 1 nitrogen and oxygen atoms in total. The van der Waals surface area contributed by atoms with E-state index in [-0.39, 0.29) is 0 Å². The van der Waals surface area contributed by atoms with Crippen molar-refractivity contribution in [2.24, 2.45) is 5.92 Å². The Labute approximate surface area is 109 Å². The van der Waals surface area contributed by atoms with E-state index < -0.39 is 11.6 Å². The first-order chi connectivity index (χ1) is 8.06. The average molecular weight is 304 g/mol. The van der Waals surface area contributed by atoms with Gasteiger partial charge in [-0.1, -0.05) is 28.9 Å². The summed E-state index contributed by atoms with van der Waals surface area (Å²) in [6, 6.07) is 4.15. The molecule has 0 radical (unpaired) electrons. The summed E-state index contributed by atoms with van der Waals surface area (Å²) in [5, 5.41) is 0. The second-order valence-corrected chi connectivity index (χ2v) is 5.94. The average Bonchev–Trinajstić information content (AvgIpc) is 2.29. The number of nitrogens with zero attached hydrogens (tertiary/aromatic N) is 1. The summed E-state index contributed by atoms with van der Waals surface area (Å²) < 4.78 is 25.9. The minimum absolute atomic E-state index is 0.573. The molecular formula is C13H16BrF2N. The third kappa shape index (κ3) is 3.26. The Balaban J connectivity index is 1.99. The number of piperidine rings is 1. The molecule has 0 N–H and O–H groups in total. The first-order valence-corrected chi connectivity index (χ1v) is 6.78. The quantitative estimate of drug-likeness (QED) is 0.755. The molecule has 0 spiro atoms. The minimum atomic E-state index is -0.777. The summed E-state index contributed by atoms with van der Waals surface area (Å²) in [7, 11) is 0. The summed E-state index contributed by atoms with van der Waals surface area (Å²) in [5.41, 5.74) is 0.837. The summed E-state index contributed by atoms with van der Waals surface area (Å²) in [5.74, 6) is -0.943. The lowest BCUT2D eigenvalue weighted by Gasteiger charge is -2.34. The molecule has 1 aromatic rings. The van der Waals surface area contributed by atoms with Crippen LogP contribution in [-0.2, 0) is 6.54 Å². The fourth-order valence-corrected chi connectivity index (χ4v) is 2.62. The number of rotatable bonds is 2. The van der Waals surface area contributed by atoms with Crippen LogP contribution in [0.4, 0.5) is 8.78 Å². The molecule has 2 rings (SSSR count). The third-order valence-electron chi connectivity index (χ3n) is 3.27. The van der Waals surface area contributed by atoms with Crippen LogP contribution in [0.15, 0.2) is 18.2 Å². The maximum absolute atomic E-state index is 13.1. The Kier molecular flexibility index (Phi) is 4.15. The van der Waals surface area contributed by atoms with Crippen molar-refractivity contribution >= 4 is 15.9 Å². The second-order valence-electron chi connectivity index (χ2n) is 4.77. The van der Waals surface area contributed by atoms with Crippen molar-refractivity contribution in [3.63, 3.8) is 0 Å². The van der Waals surface area contributed by atoms with Crippen LogP contribution in [0.25, 0.3) is 0 Å². The van der Waals surface area contributed by atoms with Crippen molar-refractivity contribution < 1.29 is 8.78 Å². The van der Waals surface area contributed by atoms with Crippen LogP contribution in [0.2, 0.25) is 0 Å². The Morgan fingerprint density at radius 1 is 1.35 bits per heavy atom. The van der Waals surface area contributed by atoms with E-state index >= 15 is 0 Å². The van der Waals surface area contributed by atoms with E-state index in [0.717, 1.165) is 25.1 Å².